The SMILES string of the molecule is Cc1cn2c(-c3nn(C)c(OC(C)F)c3Cl)c(C)cc(C)c2n1. The van der Waals surface area contributed by atoms with Crippen molar-refractivity contribution >= 4 is 17.2 Å². The molecule has 5 nitrogen and oxygen atoms in total. The Labute approximate surface area is 138 Å². The van der Waals surface area contributed by atoms with Gasteiger partial charge >= 0.3 is 0 Å². The maximum Gasteiger partial charge on any atom is 0.237 e. The molecule has 0 fully saturated rings. The van der Waals surface area contributed by atoms with Crippen molar-refractivity contribution < 1.29 is 9.13 Å². The lowest BCUT2D eigenvalue weighted by Crippen LogP contribution is -2.07. The summed E-state index contributed by atoms with van der Waals surface area (Å²) in [6, 6.07) is 2.04. The summed E-state index contributed by atoms with van der Waals surface area (Å²) in [5, 5.41) is 4.72. The molecule has 122 valence electrons. The van der Waals surface area contributed by atoms with Gasteiger partial charge in [0.15, 0.2) is 0 Å². The molecule has 3 heterocycles. The monoisotopic (exact) mass is 336 g/mol. The molecule has 0 aliphatic rings. The van der Waals surface area contributed by atoms with Crippen LogP contribution in [0.3, 0.4) is 0 Å². The van der Waals surface area contributed by atoms with E-state index in [1.54, 1.807) is 7.05 Å². The molecule has 1 atom stereocenters. The summed E-state index contributed by atoms with van der Waals surface area (Å²) >= 11 is 6.42. The number of fused-ring (bicyclic) bond motifs is 1. The summed E-state index contributed by atoms with van der Waals surface area (Å²) < 4.78 is 21.8. The van der Waals surface area contributed by atoms with E-state index in [2.05, 4.69) is 10.1 Å². The van der Waals surface area contributed by atoms with Crippen LogP contribution in [0.25, 0.3) is 17.0 Å². The Hall–Kier alpha value is -2.08. The average molecular weight is 337 g/mol. The van der Waals surface area contributed by atoms with Crippen LogP contribution in [0.4, 0.5) is 4.39 Å². The van der Waals surface area contributed by atoms with Crippen molar-refractivity contribution in [3.8, 4) is 17.3 Å². The van der Waals surface area contributed by atoms with Gasteiger partial charge in [-0.1, -0.05) is 17.7 Å². The smallest absolute Gasteiger partial charge is 0.237 e. The Balaban J connectivity index is 2.29. The van der Waals surface area contributed by atoms with E-state index in [4.69, 9.17) is 16.3 Å². The maximum absolute atomic E-state index is 13.2. The second-order valence-electron chi connectivity index (χ2n) is 5.69. The lowest BCUT2D eigenvalue weighted by molar-refractivity contribution is 0.0763. The van der Waals surface area contributed by atoms with E-state index in [9.17, 15) is 4.39 Å². The predicted molar refractivity (Wildman–Crippen MR) is 87.8 cm³/mol. The van der Waals surface area contributed by atoms with Crippen LogP contribution in [0.2, 0.25) is 5.02 Å². The van der Waals surface area contributed by atoms with Gasteiger partial charge in [0.1, 0.15) is 16.4 Å². The van der Waals surface area contributed by atoms with Gasteiger partial charge in [-0.3, -0.25) is 4.40 Å². The van der Waals surface area contributed by atoms with Crippen molar-refractivity contribution in [1.29, 1.82) is 0 Å². The maximum atomic E-state index is 13.2. The van der Waals surface area contributed by atoms with Gasteiger partial charge in [-0.05, 0) is 31.9 Å². The van der Waals surface area contributed by atoms with Gasteiger partial charge in [-0.15, -0.1) is 0 Å². The first-order chi connectivity index (χ1) is 10.8. The molecular weight excluding hydrogens is 319 g/mol. The fourth-order valence-electron chi connectivity index (χ4n) is 2.81. The summed E-state index contributed by atoms with van der Waals surface area (Å²) in [5.74, 6) is 0.210. The van der Waals surface area contributed by atoms with Crippen LogP contribution < -0.4 is 4.74 Å². The highest BCUT2D eigenvalue weighted by Gasteiger charge is 2.23. The number of halogens is 2. The van der Waals surface area contributed by atoms with Gasteiger partial charge in [0.05, 0.1) is 11.4 Å². The standard InChI is InChI=1S/C16H18ClFN4O/c1-8-6-9(2)15-19-10(3)7-22(15)14(8)13-12(17)16(21(5)20-13)23-11(4)18/h6-7,11H,1-5H3. The van der Waals surface area contributed by atoms with Crippen molar-refractivity contribution in [3.05, 3.63) is 34.1 Å². The van der Waals surface area contributed by atoms with Crippen molar-refractivity contribution in [2.75, 3.05) is 0 Å². The number of aromatic nitrogens is 4. The van der Waals surface area contributed by atoms with Crippen LogP contribution in [-0.2, 0) is 7.05 Å². The summed E-state index contributed by atoms with van der Waals surface area (Å²) in [6.45, 7) is 7.24. The fraction of sp³-hybridized carbons (Fsp3) is 0.375. The highest BCUT2D eigenvalue weighted by Crippen LogP contribution is 2.37. The van der Waals surface area contributed by atoms with Gasteiger partial charge in [0.2, 0.25) is 12.2 Å². The minimum atomic E-state index is -1.47. The zero-order valence-corrected chi connectivity index (χ0v) is 14.4. The molecule has 3 aromatic heterocycles. The first-order valence-corrected chi connectivity index (χ1v) is 7.67. The zero-order chi connectivity index (χ0) is 16.9. The summed E-state index contributed by atoms with van der Waals surface area (Å²) in [7, 11) is 1.67. The normalized spacial score (nSPS) is 12.8. The molecule has 23 heavy (non-hydrogen) atoms. The molecule has 0 aromatic carbocycles. The lowest BCUT2D eigenvalue weighted by Gasteiger charge is -2.10. The second-order valence-corrected chi connectivity index (χ2v) is 6.07. The molecule has 0 radical (unpaired) electrons. The van der Waals surface area contributed by atoms with Gasteiger partial charge in [0.25, 0.3) is 0 Å². The summed E-state index contributed by atoms with van der Waals surface area (Å²) in [5.41, 5.74) is 5.21. The van der Waals surface area contributed by atoms with Gasteiger partial charge in [-0.25, -0.2) is 14.1 Å². The number of hydrogen-bond acceptors (Lipinski definition) is 3. The third-order valence-corrected chi connectivity index (χ3v) is 4.01. The number of alkyl halides is 1. The molecule has 7 heteroatoms. The van der Waals surface area contributed by atoms with E-state index in [0.717, 1.165) is 28.2 Å². The van der Waals surface area contributed by atoms with E-state index < -0.39 is 6.36 Å². The van der Waals surface area contributed by atoms with Crippen molar-refractivity contribution in [2.45, 2.75) is 34.1 Å². The highest BCUT2D eigenvalue weighted by molar-refractivity contribution is 6.34. The van der Waals surface area contributed by atoms with E-state index in [-0.39, 0.29) is 10.9 Å². The number of nitrogens with zero attached hydrogens (tertiary/aromatic N) is 4. The van der Waals surface area contributed by atoms with Crippen molar-refractivity contribution in [1.82, 2.24) is 19.2 Å². The molecule has 0 spiro atoms. The molecule has 0 N–H and O–H groups in total. The topological polar surface area (TPSA) is 44.4 Å². The Morgan fingerprint density at radius 1 is 1.26 bits per heavy atom. The number of imidazole rings is 1. The van der Waals surface area contributed by atoms with Crippen LogP contribution >= 0.6 is 11.6 Å². The molecule has 1 unspecified atom stereocenters. The van der Waals surface area contributed by atoms with Gasteiger partial charge < -0.3 is 4.74 Å². The average Bonchev–Trinajstić information content (AvgIpc) is 2.95. The molecule has 0 saturated carbocycles. The molecule has 0 aliphatic carbocycles. The van der Waals surface area contributed by atoms with Crippen LogP contribution in [0.15, 0.2) is 12.3 Å². The predicted octanol–water partition coefficient (Wildman–Crippen LogP) is 4.01. The van der Waals surface area contributed by atoms with E-state index in [1.165, 1.54) is 11.6 Å². The molecule has 0 aliphatic heterocycles. The van der Waals surface area contributed by atoms with E-state index >= 15 is 0 Å². The molecule has 0 saturated heterocycles. The Morgan fingerprint density at radius 3 is 2.61 bits per heavy atom. The minimum absolute atomic E-state index is 0.210. The van der Waals surface area contributed by atoms with Crippen LogP contribution in [0.5, 0.6) is 5.88 Å². The molecular formula is C16H18ClFN4O. The Morgan fingerprint density at radius 2 is 1.96 bits per heavy atom. The van der Waals surface area contributed by atoms with E-state index in [1.807, 2.05) is 37.4 Å². The second kappa shape index (κ2) is 5.53. The number of ether oxygens (including phenoxy) is 1. The van der Waals surface area contributed by atoms with Crippen LogP contribution in [0, 0.1) is 20.8 Å². The Bertz CT molecular complexity index is 897. The van der Waals surface area contributed by atoms with Crippen LogP contribution in [-0.4, -0.2) is 25.5 Å². The van der Waals surface area contributed by atoms with Crippen molar-refractivity contribution in [3.63, 3.8) is 0 Å². The largest absolute Gasteiger partial charge is 0.442 e. The fourth-order valence-corrected chi connectivity index (χ4v) is 3.10. The number of pyridine rings is 1. The molecule has 0 bridgehead atoms. The first-order valence-electron chi connectivity index (χ1n) is 7.29. The molecule has 3 aromatic rings. The quantitative estimate of drug-likeness (QED) is 0.726. The first kappa shape index (κ1) is 15.8. The summed E-state index contributed by atoms with van der Waals surface area (Å²) in [4.78, 5) is 4.54. The summed E-state index contributed by atoms with van der Waals surface area (Å²) in [6.07, 6.45) is 0.471. The van der Waals surface area contributed by atoms with Crippen LogP contribution in [0.1, 0.15) is 23.7 Å². The Kier molecular flexibility index (Phi) is 3.80. The third kappa shape index (κ3) is 2.57. The van der Waals surface area contributed by atoms with E-state index in [0.29, 0.717) is 5.69 Å². The number of hydrogen-bond donors (Lipinski definition) is 0. The van der Waals surface area contributed by atoms with Crippen molar-refractivity contribution in [2.24, 2.45) is 7.05 Å². The lowest BCUT2D eigenvalue weighted by atomic mass is 10.1. The third-order valence-electron chi connectivity index (χ3n) is 3.66. The molecule has 3 rings (SSSR count). The highest BCUT2D eigenvalue weighted by atomic mass is 35.5. The van der Waals surface area contributed by atoms with Gasteiger partial charge in [0, 0.05) is 20.2 Å². The van der Waals surface area contributed by atoms with Gasteiger partial charge in [-0.2, -0.15) is 5.10 Å². The zero-order valence-electron chi connectivity index (χ0n) is 13.7. The number of aryl methyl sites for hydroxylation is 4. The molecule has 0 amide bonds. The number of rotatable bonds is 3. The minimum Gasteiger partial charge on any atom is -0.442 e.